The van der Waals surface area contributed by atoms with Gasteiger partial charge in [0.05, 0.1) is 17.8 Å². The fourth-order valence-electron chi connectivity index (χ4n) is 2.21. The van der Waals surface area contributed by atoms with E-state index in [1.807, 2.05) is 42.5 Å². The molecule has 6 heteroatoms. The van der Waals surface area contributed by atoms with Crippen LogP contribution in [-0.2, 0) is 0 Å². The van der Waals surface area contributed by atoms with Crippen LogP contribution in [0, 0.1) is 0 Å². The first-order valence-corrected chi connectivity index (χ1v) is 7.93. The van der Waals surface area contributed by atoms with Gasteiger partial charge in [0.2, 0.25) is 5.95 Å². The summed E-state index contributed by atoms with van der Waals surface area (Å²) < 4.78 is 0.952. The van der Waals surface area contributed by atoms with Gasteiger partial charge in [0.15, 0.2) is 0 Å². The highest BCUT2D eigenvalue weighted by Gasteiger charge is 2.12. The van der Waals surface area contributed by atoms with Gasteiger partial charge in [-0.3, -0.25) is 0 Å². The summed E-state index contributed by atoms with van der Waals surface area (Å²) in [6.45, 7) is 0.410. The van der Waals surface area contributed by atoms with Gasteiger partial charge in [-0.25, -0.2) is 9.97 Å². The standard InChI is InChI=1S/C16H13BrClN3O/c17-10-5-6-14-12(9-10)15(11-3-1-2-4-13(11)18)21-16(20-14)19-7-8-22/h1-6,9,22H,7-8H2,(H,19,20,21). The maximum atomic E-state index is 8.96. The minimum atomic E-state index is 0.0170. The van der Waals surface area contributed by atoms with Crippen LogP contribution in [0.4, 0.5) is 5.95 Å². The zero-order chi connectivity index (χ0) is 15.5. The number of hydrogen-bond acceptors (Lipinski definition) is 4. The number of anilines is 1. The van der Waals surface area contributed by atoms with Crippen molar-refractivity contribution in [3.8, 4) is 11.3 Å². The van der Waals surface area contributed by atoms with Crippen molar-refractivity contribution in [2.75, 3.05) is 18.5 Å². The quantitative estimate of drug-likeness (QED) is 0.717. The smallest absolute Gasteiger partial charge is 0.223 e. The molecule has 22 heavy (non-hydrogen) atoms. The lowest BCUT2D eigenvalue weighted by Gasteiger charge is -2.11. The molecule has 0 radical (unpaired) electrons. The predicted octanol–water partition coefficient (Wildman–Crippen LogP) is 4.12. The Bertz CT molecular complexity index is 826. The number of aliphatic hydroxyl groups excluding tert-OH is 1. The largest absolute Gasteiger partial charge is 0.395 e. The molecule has 0 saturated carbocycles. The van der Waals surface area contributed by atoms with E-state index in [9.17, 15) is 0 Å². The van der Waals surface area contributed by atoms with Crippen molar-refractivity contribution in [3.63, 3.8) is 0 Å². The fourth-order valence-corrected chi connectivity index (χ4v) is 2.79. The van der Waals surface area contributed by atoms with Gasteiger partial charge in [-0.2, -0.15) is 0 Å². The molecule has 3 aromatic rings. The molecule has 4 nitrogen and oxygen atoms in total. The summed E-state index contributed by atoms with van der Waals surface area (Å²) in [6, 6.07) is 13.4. The number of benzene rings is 2. The van der Waals surface area contributed by atoms with Crippen LogP contribution in [0.1, 0.15) is 0 Å². The highest BCUT2D eigenvalue weighted by molar-refractivity contribution is 9.10. The number of aromatic nitrogens is 2. The molecule has 2 aromatic carbocycles. The zero-order valence-corrected chi connectivity index (χ0v) is 13.9. The minimum Gasteiger partial charge on any atom is -0.395 e. The molecule has 0 unspecified atom stereocenters. The van der Waals surface area contributed by atoms with Crippen molar-refractivity contribution in [1.82, 2.24) is 9.97 Å². The third-order valence-corrected chi connectivity index (χ3v) is 4.00. The van der Waals surface area contributed by atoms with Gasteiger partial charge >= 0.3 is 0 Å². The van der Waals surface area contributed by atoms with E-state index in [0.29, 0.717) is 17.5 Å². The Morgan fingerprint density at radius 1 is 1.14 bits per heavy atom. The Morgan fingerprint density at radius 3 is 2.73 bits per heavy atom. The Labute approximate surface area is 141 Å². The number of halogens is 2. The number of nitrogens with zero attached hydrogens (tertiary/aromatic N) is 2. The van der Waals surface area contributed by atoms with E-state index < -0.39 is 0 Å². The van der Waals surface area contributed by atoms with Gasteiger partial charge in [-0.15, -0.1) is 0 Å². The fraction of sp³-hybridized carbons (Fsp3) is 0.125. The molecule has 0 atom stereocenters. The van der Waals surface area contributed by atoms with Crippen molar-refractivity contribution >= 4 is 44.4 Å². The van der Waals surface area contributed by atoms with Crippen LogP contribution in [0.5, 0.6) is 0 Å². The number of aliphatic hydroxyl groups is 1. The Kier molecular flexibility index (Phi) is 4.57. The van der Waals surface area contributed by atoms with E-state index in [1.54, 1.807) is 0 Å². The van der Waals surface area contributed by atoms with Crippen LogP contribution in [0.2, 0.25) is 5.02 Å². The summed E-state index contributed by atoms with van der Waals surface area (Å²) >= 11 is 9.80. The van der Waals surface area contributed by atoms with Crippen LogP contribution >= 0.6 is 27.5 Å². The minimum absolute atomic E-state index is 0.0170. The lowest BCUT2D eigenvalue weighted by atomic mass is 10.1. The lowest BCUT2D eigenvalue weighted by molar-refractivity contribution is 0.311. The van der Waals surface area contributed by atoms with E-state index in [2.05, 4.69) is 31.2 Å². The molecular weight excluding hydrogens is 366 g/mol. The van der Waals surface area contributed by atoms with Crippen LogP contribution in [0.25, 0.3) is 22.2 Å². The second kappa shape index (κ2) is 6.60. The molecule has 0 aliphatic rings. The van der Waals surface area contributed by atoms with E-state index in [4.69, 9.17) is 16.7 Å². The van der Waals surface area contributed by atoms with Gasteiger partial charge in [0.25, 0.3) is 0 Å². The van der Waals surface area contributed by atoms with Crippen molar-refractivity contribution in [3.05, 3.63) is 52.0 Å². The average molecular weight is 379 g/mol. The van der Waals surface area contributed by atoms with Crippen molar-refractivity contribution in [1.29, 1.82) is 0 Å². The Morgan fingerprint density at radius 2 is 1.95 bits per heavy atom. The molecule has 112 valence electrons. The highest BCUT2D eigenvalue weighted by Crippen LogP contribution is 2.33. The third-order valence-electron chi connectivity index (χ3n) is 3.18. The van der Waals surface area contributed by atoms with E-state index >= 15 is 0 Å². The van der Waals surface area contributed by atoms with Crippen molar-refractivity contribution < 1.29 is 5.11 Å². The van der Waals surface area contributed by atoms with Gasteiger partial charge in [0.1, 0.15) is 0 Å². The molecular formula is C16H13BrClN3O. The zero-order valence-electron chi connectivity index (χ0n) is 11.6. The maximum Gasteiger partial charge on any atom is 0.223 e. The SMILES string of the molecule is OCCNc1nc(-c2ccccc2Cl)c2cc(Br)ccc2n1. The lowest BCUT2D eigenvalue weighted by Crippen LogP contribution is -2.09. The number of nitrogens with one attached hydrogen (secondary N) is 1. The topological polar surface area (TPSA) is 58.0 Å². The molecule has 0 bridgehead atoms. The number of rotatable bonds is 4. The molecule has 0 fully saturated rings. The number of hydrogen-bond donors (Lipinski definition) is 2. The number of fused-ring (bicyclic) bond motifs is 1. The first-order valence-electron chi connectivity index (χ1n) is 6.76. The Balaban J connectivity index is 2.25. The first-order chi connectivity index (χ1) is 10.7. The van der Waals surface area contributed by atoms with Crippen molar-refractivity contribution in [2.45, 2.75) is 0 Å². The second-order valence-electron chi connectivity index (χ2n) is 4.69. The van der Waals surface area contributed by atoms with Crippen LogP contribution in [0.3, 0.4) is 0 Å². The van der Waals surface area contributed by atoms with E-state index in [0.717, 1.165) is 26.6 Å². The molecule has 1 heterocycles. The van der Waals surface area contributed by atoms with Crippen LogP contribution < -0.4 is 5.32 Å². The van der Waals surface area contributed by atoms with E-state index in [1.165, 1.54) is 0 Å². The molecule has 0 spiro atoms. The molecule has 0 amide bonds. The highest BCUT2D eigenvalue weighted by atomic mass is 79.9. The first kappa shape index (κ1) is 15.2. The molecule has 3 rings (SSSR count). The average Bonchev–Trinajstić information content (AvgIpc) is 2.53. The second-order valence-corrected chi connectivity index (χ2v) is 6.01. The van der Waals surface area contributed by atoms with Crippen molar-refractivity contribution in [2.24, 2.45) is 0 Å². The summed E-state index contributed by atoms with van der Waals surface area (Å²) in [5, 5.41) is 13.5. The molecule has 2 N–H and O–H groups in total. The molecule has 0 saturated heterocycles. The van der Waals surface area contributed by atoms with Gasteiger partial charge < -0.3 is 10.4 Å². The molecule has 1 aromatic heterocycles. The van der Waals surface area contributed by atoms with Crippen LogP contribution in [0.15, 0.2) is 46.9 Å². The maximum absolute atomic E-state index is 8.96. The normalized spacial score (nSPS) is 10.9. The summed E-state index contributed by atoms with van der Waals surface area (Å²) in [5.41, 5.74) is 2.42. The summed E-state index contributed by atoms with van der Waals surface area (Å²) in [5.74, 6) is 0.471. The Hall–Kier alpha value is -1.69. The monoisotopic (exact) mass is 377 g/mol. The van der Waals surface area contributed by atoms with Gasteiger partial charge in [-0.1, -0.05) is 45.7 Å². The molecule has 0 aliphatic heterocycles. The summed E-state index contributed by atoms with van der Waals surface area (Å²) in [7, 11) is 0. The van der Waals surface area contributed by atoms with E-state index in [-0.39, 0.29) is 6.61 Å². The third kappa shape index (κ3) is 3.06. The van der Waals surface area contributed by atoms with Crippen LogP contribution in [-0.4, -0.2) is 28.2 Å². The molecule has 0 aliphatic carbocycles. The predicted molar refractivity (Wildman–Crippen MR) is 93.3 cm³/mol. The summed E-state index contributed by atoms with van der Waals surface area (Å²) in [6.07, 6.45) is 0. The van der Waals surface area contributed by atoms with Gasteiger partial charge in [0, 0.05) is 27.0 Å². The van der Waals surface area contributed by atoms with Gasteiger partial charge in [-0.05, 0) is 24.3 Å². The summed E-state index contributed by atoms with van der Waals surface area (Å²) in [4.78, 5) is 9.04.